The molecule has 31 heavy (non-hydrogen) atoms. The number of methoxy groups -OCH3 is 1. The molecular formula is C23H33N5O3. The summed E-state index contributed by atoms with van der Waals surface area (Å²) < 4.78 is 12.9. The Bertz CT molecular complexity index is 989. The summed E-state index contributed by atoms with van der Waals surface area (Å²) >= 11 is 0. The van der Waals surface area contributed by atoms with Gasteiger partial charge in [-0.05, 0) is 25.1 Å². The van der Waals surface area contributed by atoms with Crippen molar-refractivity contribution in [2.24, 2.45) is 0 Å². The predicted octanol–water partition coefficient (Wildman–Crippen LogP) is 2.56. The van der Waals surface area contributed by atoms with Gasteiger partial charge in [0, 0.05) is 44.4 Å². The molecule has 0 saturated carbocycles. The third-order valence-corrected chi connectivity index (χ3v) is 5.14. The van der Waals surface area contributed by atoms with Gasteiger partial charge in [-0.25, -0.2) is 4.98 Å². The number of aliphatic hydroxyl groups is 1. The fourth-order valence-electron chi connectivity index (χ4n) is 3.37. The fourth-order valence-corrected chi connectivity index (χ4v) is 3.37. The second-order valence-corrected chi connectivity index (χ2v) is 7.95. The number of benzene rings is 1. The molecule has 2 heterocycles. The van der Waals surface area contributed by atoms with Crippen molar-refractivity contribution in [1.82, 2.24) is 19.9 Å². The number of nitrogens with zero attached hydrogens (tertiary/aromatic N) is 4. The molecule has 3 aromatic rings. The highest BCUT2D eigenvalue weighted by atomic mass is 16.5. The van der Waals surface area contributed by atoms with E-state index in [9.17, 15) is 5.11 Å². The van der Waals surface area contributed by atoms with Crippen LogP contribution < -0.4 is 15.0 Å². The van der Waals surface area contributed by atoms with Crippen molar-refractivity contribution in [3.05, 3.63) is 42.1 Å². The Kier molecular flexibility index (Phi) is 7.84. The first-order valence-electron chi connectivity index (χ1n) is 10.6. The number of anilines is 1. The van der Waals surface area contributed by atoms with Gasteiger partial charge in [0.15, 0.2) is 5.65 Å². The summed E-state index contributed by atoms with van der Waals surface area (Å²) in [5.74, 6) is 1.95. The van der Waals surface area contributed by atoms with Gasteiger partial charge in [0.05, 0.1) is 18.5 Å². The van der Waals surface area contributed by atoms with Crippen LogP contribution in [0, 0.1) is 0 Å². The number of nitrogens with one attached hydrogen (secondary N) is 1. The molecule has 0 amide bonds. The zero-order valence-corrected chi connectivity index (χ0v) is 19.0. The van der Waals surface area contributed by atoms with Gasteiger partial charge in [-0.15, -0.1) is 0 Å². The topological polar surface area (TPSA) is 84.1 Å². The molecule has 8 nitrogen and oxygen atoms in total. The van der Waals surface area contributed by atoms with E-state index >= 15 is 0 Å². The minimum Gasteiger partial charge on any atom is -0.491 e. The lowest BCUT2D eigenvalue weighted by Gasteiger charge is -2.21. The summed E-state index contributed by atoms with van der Waals surface area (Å²) in [6, 6.07) is 9.83. The molecule has 2 aromatic heterocycles. The maximum atomic E-state index is 9.92. The number of hydrogen-bond donors (Lipinski definition) is 2. The second kappa shape index (κ2) is 10.6. The smallest absolute Gasteiger partial charge is 0.161 e. The van der Waals surface area contributed by atoms with Crippen LogP contribution in [-0.2, 0) is 4.74 Å². The van der Waals surface area contributed by atoms with Crippen LogP contribution in [0.25, 0.3) is 16.9 Å². The van der Waals surface area contributed by atoms with Gasteiger partial charge in [0.25, 0.3) is 0 Å². The van der Waals surface area contributed by atoms with E-state index in [0.717, 1.165) is 34.8 Å². The van der Waals surface area contributed by atoms with E-state index in [1.54, 1.807) is 14.2 Å². The van der Waals surface area contributed by atoms with E-state index in [1.807, 2.05) is 48.1 Å². The number of likely N-dealkylation sites (N-methyl/N-ethyl adjacent to an activating group) is 2. The quantitative estimate of drug-likeness (QED) is 0.487. The Morgan fingerprint density at radius 1 is 1.26 bits per heavy atom. The van der Waals surface area contributed by atoms with E-state index in [4.69, 9.17) is 14.5 Å². The maximum Gasteiger partial charge on any atom is 0.161 e. The zero-order chi connectivity index (χ0) is 22.4. The Hall–Kier alpha value is -2.68. The Morgan fingerprint density at radius 3 is 2.77 bits per heavy atom. The molecule has 0 aliphatic rings. The highest BCUT2D eigenvalue weighted by molar-refractivity contribution is 5.69. The molecule has 0 fully saturated rings. The number of aromatic nitrogens is 3. The van der Waals surface area contributed by atoms with Gasteiger partial charge in [-0.3, -0.25) is 0 Å². The first-order valence-corrected chi connectivity index (χ1v) is 10.6. The van der Waals surface area contributed by atoms with Gasteiger partial charge in [-0.1, -0.05) is 26.0 Å². The molecule has 0 spiro atoms. The van der Waals surface area contributed by atoms with Crippen molar-refractivity contribution in [3.8, 4) is 17.0 Å². The normalized spacial score (nSPS) is 12.5. The summed E-state index contributed by atoms with van der Waals surface area (Å²) in [6.07, 6.45) is 1.33. The van der Waals surface area contributed by atoms with Gasteiger partial charge in [0.1, 0.15) is 24.3 Å². The SMILES string of the molecule is CNCC(O)COc1cccc(-c2cc(N(C)CCOC)n3ncc(C(C)C)c3n2)c1. The van der Waals surface area contributed by atoms with Crippen LogP contribution in [0.1, 0.15) is 25.3 Å². The molecule has 1 unspecified atom stereocenters. The number of rotatable bonds is 11. The highest BCUT2D eigenvalue weighted by Crippen LogP contribution is 2.29. The first-order chi connectivity index (χ1) is 14.9. The number of hydrogen-bond acceptors (Lipinski definition) is 7. The number of aliphatic hydroxyl groups excluding tert-OH is 1. The third-order valence-electron chi connectivity index (χ3n) is 5.14. The Morgan fingerprint density at radius 2 is 2.06 bits per heavy atom. The average molecular weight is 428 g/mol. The van der Waals surface area contributed by atoms with E-state index in [1.165, 1.54) is 0 Å². The van der Waals surface area contributed by atoms with Crippen LogP contribution in [0.2, 0.25) is 0 Å². The average Bonchev–Trinajstić information content (AvgIpc) is 3.20. The summed E-state index contributed by atoms with van der Waals surface area (Å²) in [5, 5.41) is 17.5. The summed E-state index contributed by atoms with van der Waals surface area (Å²) in [5.41, 5.74) is 3.74. The summed E-state index contributed by atoms with van der Waals surface area (Å²) in [7, 11) is 5.52. The molecule has 0 aliphatic carbocycles. The molecule has 3 rings (SSSR count). The molecule has 0 saturated heterocycles. The summed E-state index contributed by atoms with van der Waals surface area (Å²) in [6.45, 7) is 6.34. The minimum absolute atomic E-state index is 0.224. The van der Waals surface area contributed by atoms with Crippen LogP contribution in [0.3, 0.4) is 0 Å². The van der Waals surface area contributed by atoms with Crippen LogP contribution in [0.5, 0.6) is 5.75 Å². The van der Waals surface area contributed by atoms with Crippen molar-refractivity contribution < 1.29 is 14.6 Å². The summed E-state index contributed by atoms with van der Waals surface area (Å²) in [4.78, 5) is 7.06. The Labute approximate surface area is 183 Å². The number of ether oxygens (including phenoxy) is 2. The highest BCUT2D eigenvalue weighted by Gasteiger charge is 2.17. The van der Waals surface area contributed by atoms with Crippen molar-refractivity contribution in [2.45, 2.75) is 25.9 Å². The van der Waals surface area contributed by atoms with Crippen molar-refractivity contribution in [2.75, 3.05) is 52.4 Å². The molecule has 1 aromatic carbocycles. The van der Waals surface area contributed by atoms with Crippen LogP contribution >= 0.6 is 0 Å². The monoisotopic (exact) mass is 427 g/mol. The molecule has 0 radical (unpaired) electrons. The minimum atomic E-state index is -0.565. The van der Waals surface area contributed by atoms with Crippen molar-refractivity contribution in [3.63, 3.8) is 0 Å². The van der Waals surface area contributed by atoms with Gasteiger partial charge in [0.2, 0.25) is 0 Å². The molecule has 2 N–H and O–H groups in total. The molecular weight excluding hydrogens is 394 g/mol. The standard InChI is InChI=1S/C23H33N5O3/c1-16(2)20-14-25-28-22(27(4)9-10-30-5)12-21(26-23(20)28)17-7-6-8-19(11-17)31-15-18(29)13-24-3/h6-8,11-12,14,16,18,24,29H,9-10,13,15H2,1-5H3. The second-order valence-electron chi connectivity index (χ2n) is 7.95. The predicted molar refractivity (Wildman–Crippen MR) is 123 cm³/mol. The van der Waals surface area contributed by atoms with E-state index in [0.29, 0.717) is 24.8 Å². The third kappa shape index (κ3) is 5.52. The molecule has 0 aliphatic heterocycles. The van der Waals surface area contributed by atoms with Gasteiger partial charge in [-0.2, -0.15) is 9.61 Å². The molecule has 1 atom stereocenters. The number of fused-ring (bicyclic) bond motifs is 1. The zero-order valence-electron chi connectivity index (χ0n) is 19.0. The van der Waals surface area contributed by atoms with E-state index in [2.05, 4.69) is 29.2 Å². The van der Waals surface area contributed by atoms with Crippen LogP contribution in [0.15, 0.2) is 36.5 Å². The van der Waals surface area contributed by atoms with Crippen LogP contribution in [0.4, 0.5) is 5.82 Å². The fraction of sp³-hybridized carbons (Fsp3) is 0.478. The lowest BCUT2D eigenvalue weighted by molar-refractivity contribution is 0.108. The van der Waals surface area contributed by atoms with Gasteiger partial charge >= 0.3 is 0 Å². The molecule has 168 valence electrons. The largest absolute Gasteiger partial charge is 0.491 e. The molecule has 8 heteroatoms. The van der Waals surface area contributed by atoms with E-state index < -0.39 is 6.10 Å². The van der Waals surface area contributed by atoms with Crippen LogP contribution in [-0.4, -0.2) is 73.3 Å². The van der Waals surface area contributed by atoms with Gasteiger partial charge < -0.3 is 24.8 Å². The molecule has 0 bridgehead atoms. The lowest BCUT2D eigenvalue weighted by Crippen LogP contribution is -2.29. The first kappa shape index (κ1) is 23.0. The Balaban J connectivity index is 1.99. The van der Waals surface area contributed by atoms with E-state index in [-0.39, 0.29) is 6.61 Å². The lowest BCUT2D eigenvalue weighted by atomic mass is 10.1. The van der Waals surface area contributed by atoms with Crippen molar-refractivity contribution >= 4 is 11.5 Å². The van der Waals surface area contributed by atoms with Crippen molar-refractivity contribution in [1.29, 1.82) is 0 Å². The maximum absolute atomic E-state index is 9.92.